The number of aliphatic imine (C=N–C) groups is 2. The van der Waals surface area contributed by atoms with Crippen LogP contribution in [0.2, 0.25) is 0 Å². The molecule has 0 N–H and O–H groups in total. The Balaban J connectivity index is 1.24. The number of hydrogen-bond acceptors (Lipinski definition) is 1. The number of rotatable bonds is 8. The van der Waals surface area contributed by atoms with Crippen molar-refractivity contribution in [3.63, 3.8) is 0 Å². The first-order valence-electron chi connectivity index (χ1n) is 18.8. The molecular weight excluding hydrogens is 667 g/mol. The van der Waals surface area contributed by atoms with E-state index >= 15 is 0 Å². The molecule has 1 heterocycles. The average molecular weight is 706 g/mol. The summed E-state index contributed by atoms with van der Waals surface area (Å²) in [6.45, 7) is 2.64. The Morgan fingerprint density at radius 1 is 0.436 bits per heavy atom. The van der Waals surface area contributed by atoms with Crippen molar-refractivity contribution in [2.75, 3.05) is 0 Å². The van der Waals surface area contributed by atoms with Crippen molar-refractivity contribution in [3.05, 3.63) is 223 Å². The first-order valence-corrected chi connectivity index (χ1v) is 18.8. The summed E-state index contributed by atoms with van der Waals surface area (Å²) >= 11 is 0. The van der Waals surface area contributed by atoms with Crippen LogP contribution in [0.1, 0.15) is 23.6 Å². The van der Waals surface area contributed by atoms with Crippen molar-refractivity contribution >= 4 is 33.4 Å². The van der Waals surface area contributed by atoms with Crippen molar-refractivity contribution in [2.45, 2.75) is 13.5 Å². The number of nitrogens with zero attached hydrogens (tertiary/aromatic N) is 3. The Morgan fingerprint density at radius 3 is 1.58 bits per heavy atom. The van der Waals surface area contributed by atoms with Gasteiger partial charge in [0.15, 0.2) is 5.84 Å². The van der Waals surface area contributed by atoms with E-state index in [4.69, 9.17) is 9.98 Å². The molecule has 0 aliphatic heterocycles. The van der Waals surface area contributed by atoms with Gasteiger partial charge in [-0.2, -0.15) is 0 Å². The molecule has 0 amide bonds. The van der Waals surface area contributed by atoms with E-state index in [2.05, 4.69) is 206 Å². The molecule has 8 aromatic carbocycles. The third-order valence-corrected chi connectivity index (χ3v) is 10.3. The summed E-state index contributed by atoms with van der Waals surface area (Å²) in [5.74, 6) is 0.702. The van der Waals surface area contributed by atoms with Crippen LogP contribution in [0.5, 0.6) is 0 Å². The van der Waals surface area contributed by atoms with Gasteiger partial charge in [-0.05, 0) is 64.1 Å². The second-order valence-corrected chi connectivity index (χ2v) is 13.8. The van der Waals surface area contributed by atoms with E-state index in [1.54, 1.807) is 0 Å². The molecule has 3 nitrogen and oxygen atoms in total. The van der Waals surface area contributed by atoms with E-state index in [0.717, 1.165) is 50.2 Å². The fourth-order valence-electron chi connectivity index (χ4n) is 7.48. The van der Waals surface area contributed by atoms with Gasteiger partial charge in [-0.15, -0.1) is 0 Å². The molecule has 1 aromatic heterocycles. The van der Waals surface area contributed by atoms with Gasteiger partial charge in [0.25, 0.3) is 0 Å². The largest absolute Gasteiger partial charge is 0.309 e. The van der Waals surface area contributed by atoms with Crippen LogP contribution in [0.4, 0.5) is 0 Å². The molecule has 9 rings (SSSR count). The lowest BCUT2D eigenvalue weighted by Gasteiger charge is -2.17. The first kappa shape index (κ1) is 33.7. The summed E-state index contributed by atoms with van der Waals surface area (Å²) in [4.78, 5) is 10.5. The quantitative estimate of drug-likeness (QED) is 0.111. The van der Waals surface area contributed by atoms with Gasteiger partial charge in [-0.1, -0.05) is 188 Å². The standard InChI is InChI=1S/C52H39N3/c1-37(54-52(53-36-38-16-6-2-7-17-38)43-28-26-42(27-29-43)39-18-8-3-9-19-39)46-32-30-44(40-20-10-4-11-21-40)34-50(46)55-49-25-15-14-24-47(49)48-33-31-45(35-51(48)55)41-22-12-5-13-23-41/h2-35H,36H2,1H3/b53-52-,54-37+. The fraction of sp³-hybridized carbons (Fsp3) is 0.0385. The summed E-state index contributed by atoms with van der Waals surface area (Å²) in [7, 11) is 0. The Labute approximate surface area is 322 Å². The Hall–Kier alpha value is -7.10. The van der Waals surface area contributed by atoms with Gasteiger partial charge in [0, 0.05) is 27.6 Å². The first-order chi connectivity index (χ1) is 27.2. The molecule has 55 heavy (non-hydrogen) atoms. The molecule has 0 radical (unpaired) electrons. The van der Waals surface area contributed by atoms with Crippen LogP contribution in [-0.2, 0) is 6.54 Å². The van der Waals surface area contributed by atoms with Gasteiger partial charge >= 0.3 is 0 Å². The predicted molar refractivity (Wildman–Crippen MR) is 232 cm³/mol. The van der Waals surface area contributed by atoms with Gasteiger partial charge in [0.05, 0.1) is 23.3 Å². The molecule has 0 spiro atoms. The average Bonchev–Trinajstić information content (AvgIpc) is 3.60. The van der Waals surface area contributed by atoms with Crippen LogP contribution in [0.25, 0.3) is 60.9 Å². The van der Waals surface area contributed by atoms with E-state index in [-0.39, 0.29) is 0 Å². The molecule has 262 valence electrons. The Morgan fingerprint density at radius 2 is 0.927 bits per heavy atom. The highest BCUT2D eigenvalue weighted by Crippen LogP contribution is 2.37. The zero-order chi connectivity index (χ0) is 37.0. The second kappa shape index (κ2) is 15.1. The Bertz CT molecular complexity index is 2800. The lowest BCUT2D eigenvalue weighted by Crippen LogP contribution is -2.09. The van der Waals surface area contributed by atoms with Crippen LogP contribution < -0.4 is 0 Å². The third kappa shape index (κ3) is 6.92. The molecule has 9 aromatic rings. The van der Waals surface area contributed by atoms with Crippen molar-refractivity contribution < 1.29 is 0 Å². The van der Waals surface area contributed by atoms with Crippen LogP contribution >= 0.6 is 0 Å². The summed E-state index contributed by atoms with van der Waals surface area (Å²) in [6.07, 6.45) is 0. The number of hydrogen-bond donors (Lipinski definition) is 0. The van der Waals surface area contributed by atoms with Crippen molar-refractivity contribution in [1.29, 1.82) is 0 Å². The van der Waals surface area contributed by atoms with Crippen LogP contribution in [-0.4, -0.2) is 16.1 Å². The Kier molecular flexibility index (Phi) is 9.26. The normalized spacial score (nSPS) is 12.0. The topological polar surface area (TPSA) is 29.6 Å². The number of benzene rings is 8. The summed E-state index contributed by atoms with van der Waals surface area (Å²) in [5.41, 5.74) is 14.4. The molecule has 0 fully saturated rings. The maximum atomic E-state index is 5.39. The van der Waals surface area contributed by atoms with Gasteiger partial charge in [-0.25, -0.2) is 4.99 Å². The van der Waals surface area contributed by atoms with Crippen LogP contribution in [0.15, 0.2) is 216 Å². The maximum absolute atomic E-state index is 5.39. The second-order valence-electron chi connectivity index (χ2n) is 13.8. The molecule has 0 saturated carbocycles. The molecular formula is C52H39N3. The van der Waals surface area contributed by atoms with Crippen LogP contribution in [0.3, 0.4) is 0 Å². The minimum Gasteiger partial charge on any atom is -0.309 e. The van der Waals surface area contributed by atoms with Crippen molar-refractivity contribution in [2.24, 2.45) is 9.98 Å². The lowest BCUT2D eigenvalue weighted by molar-refractivity contribution is 1.06. The molecule has 0 unspecified atom stereocenters. The summed E-state index contributed by atoms with van der Waals surface area (Å²) < 4.78 is 2.42. The van der Waals surface area contributed by atoms with Crippen molar-refractivity contribution in [1.82, 2.24) is 4.57 Å². The van der Waals surface area contributed by atoms with Crippen LogP contribution in [0, 0.1) is 0 Å². The molecule has 3 heteroatoms. The highest BCUT2D eigenvalue weighted by molar-refractivity contribution is 6.15. The van der Waals surface area contributed by atoms with E-state index in [9.17, 15) is 0 Å². The van der Waals surface area contributed by atoms with E-state index in [0.29, 0.717) is 12.4 Å². The minimum absolute atomic E-state index is 0.530. The number of para-hydroxylation sites is 1. The highest BCUT2D eigenvalue weighted by atomic mass is 15.0. The van der Waals surface area contributed by atoms with Crippen molar-refractivity contribution in [3.8, 4) is 39.1 Å². The van der Waals surface area contributed by atoms with Gasteiger partial charge in [0.2, 0.25) is 0 Å². The molecule has 0 atom stereocenters. The molecule has 0 saturated heterocycles. The minimum atomic E-state index is 0.530. The number of aromatic nitrogens is 1. The van der Waals surface area contributed by atoms with E-state index < -0.39 is 0 Å². The summed E-state index contributed by atoms with van der Waals surface area (Å²) in [5, 5.41) is 2.43. The lowest BCUT2D eigenvalue weighted by atomic mass is 9.99. The zero-order valence-electron chi connectivity index (χ0n) is 30.7. The maximum Gasteiger partial charge on any atom is 0.155 e. The van der Waals surface area contributed by atoms with E-state index in [1.165, 1.54) is 33.0 Å². The van der Waals surface area contributed by atoms with E-state index in [1.807, 2.05) is 12.1 Å². The molecule has 0 bridgehead atoms. The van der Waals surface area contributed by atoms with Gasteiger partial charge < -0.3 is 4.57 Å². The SMILES string of the molecule is C/C(=N\C(=N/Cc1ccccc1)c1ccc(-c2ccccc2)cc1)c1ccc(-c2ccccc2)cc1-n1c2ccccc2c2ccc(-c3ccccc3)cc21. The summed E-state index contributed by atoms with van der Waals surface area (Å²) in [6, 6.07) is 73.0. The molecule has 0 aliphatic carbocycles. The number of amidine groups is 1. The van der Waals surface area contributed by atoms with Gasteiger partial charge in [0.1, 0.15) is 0 Å². The third-order valence-electron chi connectivity index (χ3n) is 10.3. The smallest absolute Gasteiger partial charge is 0.155 e. The zero-order valence-corrected chi connectivity index (χ0v) is 30.7. The number of fused-ring (bicyclic) bond motifs is 3. The predicted octanol–water partition coefficient (Wildman–Crippen LogP) is 13.2. The fourth-order valence-corrected chi connectivity index (χ4v) is 7.48. The highest BCUT2D eigenvalue weighted by Gasteiger charge is 2.18. The monoisotopic (exact) mass is 705 g/mol. The molecule has 0 aliphatic rings. The van der Waals surface area contributed by atoms with Gasteiger partial charge in [-0.3, -0.25) is 4.99 Å².